The van der Waals surface area contributed by atoms with Crippen LogP contribution < -0.4 is 10.5 Å². The molecule has 0 radical (unpaired) electrons. The maximum atomic E-state index is 13.5. The van der Waals surface area contributed by atoms with Crippen LogP contribution >= 0.6 is 15.9 Å². The number of anilines is 1. The van der Waals surface area contributed by atoms with Crippen molar-refractivity contribution in [3.8, 4) is 0 Å². The summed E-state index contributed by atoms with van der Waals surface area (Å²) in [5, 5.41) is 0. The van der Waals surface area contributed by atoms with Gasteiger partial charge in [0.05, 0.1) is 4.90 Å². The van der Waals surface area contributed by atoms with E-state index in [0.29, 0.717) is 4.47 Å². The lowest BCUT2D eigenvalue weighted by Crippen LogP contribution is -2.24. The van der Waals surface area contributed by atoms with E-state index in [1.54, 1.807) is 0 Å². The molecule has 0 bridgehead atoms. The Morgan fingerprint density at radius 3 is 2.52 bits per heavy atom. The van der Waals surface area contributed by atoms with Gasteiger partial charge in [0, 0.05) is 22.3 Å². The number of nitrogens with one attached hydrogen (secondary N) is 1. The fraction of sp³-hybridized carbons (Fsp3) is 0.0769. The van der Waals surface area contributed by atoms with E-state index in [4.69, 9.17) is 5.73 Å². The highest BCUT2D eigenvalue weighted by Crippen LogP contribution is 2.18. The second-order valence-electron chi connectivity index (χ2n) is 4.28. The minimum atomic E-state index is -3.99. The van der Waals surface area contributed by atoms with Crippen molar-refractivity contribution in [3.63, 3.8) is 0 Å². The van der Waals surface area contributed by atoms with Gasteiger partial charge < -0.3 is 5.73 Å². The Labute approximate surface area is 129 Å². The lowest BCUT2D eigenvalue weighted by atomic mass is 10.2. The van der Waals surface area contributed by atoms with E-state index < -0.39 is 21.7 Å². The molecule has 0 aromatic heterocycles. The van der Waals surface area contributed by atoms with Gasteiger partial charge in [-0.2, -0.15) is 0 Å². The number of hydrogen-bond acceptors (Lipinski definition) is 3. The van der Waals surface area contributed by atoms with Crippen molar-refractivity contribution < 1.29 is 17.2 Å². The quantitative estimate of drug-likeness (QED) is 0.805. The Hall–Kier alpha value is -1.51. The van der Waals surface area contributed by atoms with Crippen molar-refractivity contribution in [1.82, 2.24) is 4.72 Å². The van der Waals surface area contributed by atoms with Crippen molar-refractivity contribution >= 4 is 31.6 Å². The smallest absolute Gasteiger partial charge is 0.241 e. The third-order valence-corrected chi connectivity index (χ3v) is 4.54. The van der Waals surface area contributed by atoms with E-state index in [-0.39, 0.29) is 22.7 Å². The predicted molar refractivity (Wildman–Crippen MR) is 78.9 cm³/mol. The summed E-state index contributed by atoms with van der Waals surface area (Å²) in [6.45, 7) is -0.260. The summed E-state index contributed by atoms with van der Waals surface area (Å²) in [5.74, 6) is -1.30. The first kappa shape index (κ1) is 15.9. The van der Waals surface area contributed by atoms with Gasteiger partial charge >= 0.3 is 0 Å². The van der Waals surface area contributed by atoms with Crippen LogP contribution in [0.1, 0.15) is 5.56 Å². The predicted octanol–water partition coefficient (Wildman–Crippen LogP) is 2.79. The Morgan fingerprint density at radius 1 is 1.14 bits per heavy atom. The van der Waals surface area contributed by atoms with Gasteiger partial charge in [0.25, 0.3) is 0 Å². The zero-order valence-corrected chi connectivity index (χ0v) is 13.0. The van der Waals surface area contributed by atoms with Crippen molar-refractivity contribution in [2.24, 2.45) is 0 Å². The first-order valence-corrected chi connectivity index (χ1v) is 8.05. The van der Waals surface area contributed by atoms with Gasteiger partial charge in [-0.1, -0.05) is 15.9 Å². The second kappa shape index (κ2) is 6.08. The maximum Gasteiger partial charge on any atom is 0.241 e. The molecular formula is C13H11BrF2N2O2S. The molecule has 4 nitrogen and oxygen atoms in total. The van der Waals surface area contributed by atoms with Crippen LogP contribution in [0.3, 0.4) is 0 Å². The van der Waals surface area contributed by atoms with Gasteiger partial charge in [0.2, 0.25) is 10.0 Å². The third kappa shape index (κ3) is 3.99. The maximum absolute atomic E-state index is 13.5. The van der Waals surface area contributed by atoms with Crippen molar-refractivity contribution in [1.29, 1.82) is 0 Å². The van der Waals surface area contributed by atoms with Crippen molar-refractivity contribution in [2.45, 2.75) is 11.4 Å². The van der Waals surface area contributed by atoms with Gasteiger partial charge in [-0.3, -0.25) is 0 Å². The van der Waals surface area contributed by atoms with Gasteiger partial charge in [0.1, 0.15) is 11.6 Å². The summed E-state index contributed by atoms with van der Waals surface area (Å²) in [5.41, 5.74) is 5.56. The van der Waals surface area contributed by atoms with Crippen LogP contribution in [0.15, 0.2) is 45.8 Å². The molecule has 0 saturated heterocycles. The number of nitrogens with two attached hydrogens (primary N) is 1. The topological polar surface area (TPSA) is 72.2 Å². The molecule has 112 valence electrons. The molecule has 21 heavy (non-hydrogen) atoms. The minimum absolute atomic E-state index is 0.0102. The van der Waals surface area contributed by atoms with E-state index in [1.807, 2.05) is 0 Å². The van der Waals surface area contributed by atoms with Crippen LogP contribution in [0.25, 0.3) is 0 Å². The molecule has 0 spiro atoms. The molecule has 0 fully saturated rings. The summed E-state index contributed by atoms with van der Waals surface area (Å²) in [6, 6.07) is 7.15. The van der Waals surface area contributed by atoms with E-state index in [0.717, 1.165) is 18.2 Å². The highest BCUT2D eigenvalue weighted by atomic mass is 79.9. The summed E-state index contributed by atoms with van der Waals surface area (Å²) in [6.07, 6.45) is 0. The monoisotopic (exact) mass is 376 g/mol. The second-order valence-corrected chi connectivity index (χ2v) is 6.96. The minimum Gasteiger partial charge on any atom is -0.399 e. The van der Waals surface area contributed by atoms with Gasteiger partial charge in [-0.15, -0.1) is 0 Å². The fourth-order valence-electron chi connectivity index (χ4n) is 1.67. The number of rotatable bonds is 4. The van der Waals surface area contributed by atoms with Crippen LogP contribution in [0.2, 0.25) is 0 Å². The Kier molecular flexibility index (Phi) is 4.60. The van der Waals surface area contributed by atoms with E-state index in [9.17, 15) is 17.2 Å². The Bertz CT molecular complexity index is 761. The zero-order chi connectivity index (χ0) is 15.6. The molecule has 0 unspecified atom stereocenters. The lowest BCUT2D eigenvalue weighted by Gasteiger charge is -2.09. The zero-order valence-electron chi connectivity index (χ0n) is 10.6. The number of hydrogen-bond donors (Lipinski definition) is 2. The lowest BCUT2D eigenvalue weighted by molar-refractivity contribution is 0.571. The first-order valence-electron chi connectivity index (χ1n) is 5.77. The Balaban J connectivity index is 2.23. The van der Waals surface area contributed by atoms with E-state index in [2.05, 4.69) is 20.7 Å². The number of halogens is 3. The SMILES string of the molecule is Nc1cc(F)cc(S(=O)(=O)NCc2cc(Br)ccc2F)c1. The molecule has 2 rings (SSSR count). The van der Waals surface area contributed by atoms with Crippen LogP contribution in [0.4, 0.5) is 14.5 Å². The molecule has 0 aliphatic carbocycles. The third-order valence-electron chi connectivity index (χ3n) is 2.66. The molecule has 0 amide bonds. The van der Waals surface area contributed by atoms with E-state index in [1.165, 1.54) is 18.2 Å². The van der Waals surface area contributed by atoms with Crippen LogP contribution in [-0.2, 0) is 16.6 Å². The van der Waals surface area contributed by atoms with Crippen molar-refractivity contribution in [2.75, 3.05) is 5.73 Å². The normalized spacial score (nSPS) is 11.6. The van der Waals surface area contributed by atoms with Crippen LogP contribution in [0, 0.1) is 11.6 Å². The molecule has 3 N–H and O–H groups in total. The van der Waals surface area contributed by atoms with E-state index >= 15 is 0 Å². The Morgan fingerprint density at radius 2 is 1.86 bits per heavy atom. The van der Waals surface area contributed by atoms with Gasteiger partial charge in [0.15, 0.2) is 0 Å². The van der Waals surface area contributed by atoms with Gasteiger partial charge in [-0.05, 0) is 36.4 Å². The number of sulfonamides is 1. The fourth-order valence-corrected chi connectivity index (χ4v) is 3.15. The summed E-state index contributed by atoms with van der Waals surface area (Å²) in [4.78, 5) is -0.310. The number of benzene rings is 2. The molecule has 0 aliphatic rings. The molecule has 0 saturated carbocycles. The summed E-state index contributed by atoms with van der Waals surface area (Å²) in [7, 11) is -3.99. The summed E-state index contributed by atoms with van der Waals surface area (Å²) < 4.78 is 53.6. The molecule has 8 heteroatoms. The largest absolute Gasteiger partial charge is 0.399 e. The van der Waals surface area contributed by atoms with Crippen LogP contribution in [-0.4, -0.2) is 8.42 Å². The summed E-state index contributed by atoms with van der Waals surface area (Å²) >= 11 is 3.17. The highest BCUT2D eigenvalue weighted by Gasteiger charge is 2.16. The van der Waals surface area contributed by atoms with Gasteiger partial charge in [-0.25, -0.2) is 21.9 Å². The van der Waals surface area contributed by atoms with Crippen LogP contribution in [0.5, 0.6) is 0 Å². The molecular weight excluding hydrogens is 366 g/mol. The average Bonchev–Trinajstić information content (AvgIpc) is 2.39. The number of nitrogen functional groups attached to an aromatic ring is 1. The molecule has 0 heterocycles. The molecule has 0 aliphatic heterocycles. The standard InChI is InChI=1S/C13H11BrF2N2O2S/c14-9-1-2-13(16)8(3-9)7-18-21(19,20)12-5-10(15)4-11(17)6-12/h1-6,18H,7,17H2. The van der Waals surface area contributed by atoms with Crippen molar-refractivity contribution in [3.05, 3.63) is 58.1 Å². The highest BCUT2D eigenvalue weighted by molar-refractivity contribution is 9.10. The molecule has 2 aromatic rings. The molecule has 2 aromatic carbocycles. The first-order chi connectivity index (χ1) is 9.78. The average molecular weight is 377 g/mol. The molecule has 0 atom stereocenters.